The molecule has 0 atom stereocenters. The molecular weight excluding hydrogens is 336 g/mol. The predicted octanol–water partition coefficient (Wildman–Crippen LogP) is 0.483. The number of fused-ring (bicyclic) bond motifs is 1. The Morgan fingerprint density at radius 2 is 2.23 bits per heavy atom. The van der Waals surface area contributed by atoms with Gasteiger partial charge in [0.2, 0.25) is 5.91 Å². The molecule has 2 aromatic rings. The van der Waals surface area contributed by atoms with Gasteiger partial charge in [0.25, 0.3) is 11.5 Å². The second-order valence-corrected chi connectivity index (χ2v) is 5.96. The van der Waals surface area contributed by atoms with Crippen molar-refractivity contribution in [2.75, 3.05) is 20.2 Å². The number of methoxy groups -OCH3 is 1. The molecule has 0 saturated carbocycles. The summed E-state index contributed by atoms with van der Waals surface area (Å²) in [6.07, 6.45) is 2.03. The van der Waals surface area contributed by atoms with Crippen molar-refractivity contribution in [3.8, 4) is 5.75 Å². The molecule has 136 valence electrons. The van der Waals surface area contributed by atoms with Crippen LogP contribution in [0, 0.1) is 0 Å². The zero-order chi connectivity index (χ0) is 18.5. The number of amides is 2. The molecular formula is C18H20N4O4. The van der Waals surface area contributed by atoms with Gasteiger partial charge in [-0.2, -0.15) is 0 Å². The van der Waals surface area contributed by atoms with Gasteiger partial charge in [0, 0.05) is 30.6 Å². The first-order chi connectivity index (χ1) is 12.6. The van der Waals surface area contributed by atoms with E-state index in [1.165, 1.54) is 13.4 Å². The Morgan fingerprint density at radius 3 is 3.04 bits per heavy atom. The highest BCUT2D eigenvalue weighted by Gasteiger charge is 2.23. The summed E-state index contributed by atoms with van der Waals surface area (Å²) in [6, 6.07) is 6.82. The number of hydrogen-bond acceptors (Lipinski definition) is 5. The fourth-order valence-electron chi connectivity index (χ4n) is 2.89. The molecule has 0 unspecified atom stereocenters. The topological polar surface area (TPSA) is 104 Å². The van der Waals surface area contributed by atoms with Crippen LogP contribution in [0.2, 0.25) is 0 Å². The highest BCUT2D eigenvalue weighted by molar-refractivity contribution is 5.94. The van der Waals surface area contributed by atoms with Gasteiger partial charge in [-0.3, -0.25) is 14.4 Å². The molecule has 3 rings (SSSR count). The molecule has 0 spiro atoms. The van der Waals surface area contributed by atoms with E-state index in [9.17, 15) is 14.4 Å². The van der Waals surface area contributed by atoms with Gasteiger partial charge in [0.05, 0.1) is 25.7 Å². The van der Waals surface area contributed by atoms with Gasteiger partial charge in [0.1, 0.15) is 5.75 Å². The summed E-state index contributed by atoms with van der Waals surface area (Å²) in [7, 11) is 1.54. The smallest absolute Gasteiger partial charge is 0.254 e. The summed E-state index contributed by atoms with van der Waals surface area (Å²) >= 11 is 0. The van der Waals surface area contributed by atoms with Crippen molar-refractivity contribution < 1.29 is 14.3 Å². The molecule has 1 aromatic carbocycles. The average Bonchev–Trinajstić information content (AvgIpc) is 2.67. The molecule has 1 aliphatic rings. The Kier molecular flexibility index (Phi) is 5.31. The number of H-pyrrole nitrogens is 1. The third-order valence-corrected chi connectivity index (χ3v) is 4.32. The Morgan fingerprint density at radius 1 is 1.38 bits per heavy atom. The molecule has 8 heteroatoms. The van der Waals surface area contributed by atoms with Crippen LogP contribution in [0.15, 0.2) is 35.4 Å². The molecule has 1 aliphatic heterocycles. The molecule has 26 heavy (non-hydrogen) atoms. The molecule has 0 aliphatic carbocycles. The van der Waals surface area contributed by atoms with Crippen molar-refractivity contribution in [3.63, 3.8) is 0 Å². The SMILES string of the molecule is COc1cccc(C(=O)NCCC(=O)N2CCc3c(nc[nH]c3=O)C2)c1. The third kappa shape index (κ3) is 3.90. The van der Waals surface area contributed by atoms with E-state index >= 15 is 0 Å². The van der Waals surface area contributed by atoms with Crippen LogP contribution in [0.5, 0.6) is 5.75 Å². The van der Waals surface area contributed by atoms with Crippen LogP contribution in [-0.4, -0.2) is 46.9 Å². The molecule has 8 nitrogen and oxygen atoms in total. The highest BCUT2D eigenvalue weighted by atomic mass is 16.5. The summed E-state index contributed by atoms with van der Waals surface area (Å²) in [5.74, 6) is 0.265. The van der Waals surface area contributed by atoms with Crippen LogP contribution >= 0.6 is 0 Å². The number of nitrogens with one attached hydrogen (secondary N) is 2. The molecule has 2 heterocycles. The van der Waals surface area contributed by atoms with Gasteiger partial charge in [-0.1, -0.05) is 6.07 Å². The van der Waals surface area contributed by atoms with Crippen molar-refractivity contribution in [2.24, 2.45) is 0 Å². The van der Waals surface area contributed by atoms with Gasteiger partial charge < -0.3 is 19.9 Å². The molecule has 1 aromatic heterocycles. The lowest BCUT2D eigenvalue weighted by molar-refractivity contribution is -0.132. The van der Waals surface area contributed by atoms with Crippen LogP contribution in [-0.2, 0) is 17.8 Å². The fourth-order valence-corrected chi connectivity index (χ4v) is 2.89. The van der Waals surface area contributed by atoms with Crippen LogP contribution < -0.4 is 15.6 Å². The number of carbonyl (C=O) groups is 2. The zero-order valence-corrected chi connectivity index (χ0v) is 14.4. The van der Waals surface area contributed by atoms with Crippen LogP contribution in [0.1, 0.15) is 28.0 Å². The fraction of sp³-hybridized carbons (Fsp3) is 0.333. The van der Waals surface area contributed by atoms with Gasteiger partial charge in [-0.25, -0.2) is 4.98 Å². The molecule has 0 bridgehead atoms. The van der Waals surface area contributed by atoms with E-state index in [0.717, 1.165) is 0 Å². The Bertz CT molecular complexity index is 877. The van der Waals surface area contributed by atoms with E-state index in [1.54, 1.807) is 29.2 Å². The van der Waals surface area contributed by atoms with Crippen molar-refractivity contribution in [1.82, 2.24) is 20.2 Å². The molecule has 0 saturated heterocycles. The first-order valence-electron chi connectivity index (χ1n) is 8.34. The monoisotopic (exact) mass is 356 g/mol. The van der Waals surface area contributed by atoms with Crippen LogP contribution in [0.3, 0.4) is 0 Å². The zero-order valence-electron chi connectivity index (χ0n) is 14.4. The lowest BCUT2D eigenvalue weighted by Gasteiger charge is -2.27. The first-order valence-corrected chi connectivity index (χ1v) is 8.34. The van der Waals surface area contributed by atoms with Crippen LogP contribution in [0.4, 0.5) is 0 Å². The minimum atomic E-state index is -0.256. The van der Waals surface area contributed by atoms with E-state index < -0.39 is 0 Å². The minimum absolute atomic E-state index is 0.0799. The predicted molar refractivity (Wildman–Crippen MR) is 93.9 cm³/mol. The minimum Gasteiger partial charge on any atom is -0.497 e. The summed E-state index contributed by atoms with van der Waals surface area (Å²) in [6.45, 7) is 1.04. The second-order valence-electron chi connectivity index (χ2n) is 5.96. The molecule has 2 N–H and O–H groups in total. The summed E-state index contributed by atoms with van der Waals surface area (Å²) < 4.78 is 5.09. The van der Waals surface area contributed by atoms with Crippen molar-refractivity contribution in [1.29, 1.82) is 0 Å². The molecule has 0 fully saturated rings. The van der Waals surface area contributed by atoms with Crippen molar-refractivity contribution in [3.05, 3.63) is 57.8 Å². The Hall–Kier alpha value is -3.16. The van der Waals surface area contributed by atoms with Gasteiger partial charge in [-0.05, 0) is 24.6 Å². The Labute approximate surface area is 150 Å². The number of ether oxygens (including phenoxy) is 1. The normalized spacial score (nSPS) is 13.0. The number of hydrogen-bond donors (Lipinski definition) is 2. The maximum absolute atomic E-state index is 12.4. The van der Waals surface area contributed by atoms with E-state index in [-0.39, 0.29) is 30.3 Å². The second kappa shape index (κ2) is 7.81. The largest absolute Gasteiger partial charge is 0.497 e. The van der Waals surface area contributed by atoms with E-state index in [0.29, 0.717) is 42.1 Å². The van der Waals surface area contributed by atoms with E-state index in [1.807, 2.05) is 0 Å². The number of aromatic nitrogens is 2. The lowest BCUT2D eigenvalue weighted by Crippen LogP contribution is -2.40. The maximum Gasteiger partial charge on any atom is 0.254 e. The van der Waals surface area contributed by atoms with Crippen LogP contribution in [0.25, 0.3) is 0 Å². The summed E-state index contributed by atoms with van der Waals surface area (Å²) in [4.78, 5) is 44.5. The highest BCUT2D eigenvalue weighted by Crippen LogP contribution is 2.14. The standard InChI is InChI=1S/C18H20N4O4/c1-26-13-4-2-3-12(9-13)17(24)19-7-5-16(23)22-8-6-14-15(10-22)20-11-21-18(14)25/h2-4,9,11H,5-8,10H2,1H3,(H,19,24)(H,20,21,25). The van der Waals surface area contributed by atoms with Crippen molar-refractivity contribution in [2.45, 2.75) is 19.4 Å². The Balaban J connectivity index is 1.51. The van der Waals surface area contributed by atoms with Crippen molar-refractivity contribution >= 4 is 11.8 Å². The number of carbonyl (C=O) groups excluding carboxylic acids is 2. The molecule has 0 radical (unpaired) electrons. The lowest BCUT2D eigenvalue weighted by atomic mass is 10.1. The van der Waals surface area contributed by atoms with Gasteiger partial charge in [-0.15, -0.1) is 0 Å². The number of nitrogens with zero attached hydrogens (tertiary/aromatic N) is 2. The number of benzene rings is 1. The summed E-state index contributed by atoms with van der Waals surface area (Å²) in [5, 5.41) is 2.74. The van der Waals surface area contributed by atoms with E-state index in [4.69, 9.17) is 4.74 Å². The number of aromatic amines is 1. The summed E-state index contributed by atoms with van der Waals surface area (Å²) in [5.41, 5.74) is 1.61. The average molecular weight is 356 g/mol. The van der Waals surface area contributed by atoms with Gasteiger partial charge in [0.15, 0.2) is 0 Å². The first kappa shape index (κ1) is 17.7. The maximum atomic E-state index is 12.4. The van der Waals surface area contributed by atoms with E-state index in [2.05, 4.69) is 15.3 Å². The van der Waals surface area contributed by atoms with Gasteiger partial charge >= 0.3 is 0 Å². The third-order valence-electron chi connectivity index (χ3n) is 4.32. The number of rotatable bonds is 5. The molecule has 2 amide bonds. The quantitative estimate of drug-likeness (QED) is 0.811.